The molecule has 1 N–H and O–H groups in total. The summed E-state index contributed by atoms with van der Waals surface area (Å²) in [5.41, 5.74) is -0.535. The Labute approximate surface area is 123 Å². The van der Waals surface area contributed by atoms with Gasteiger partial charge in [0.1, 0.15) is 5.01 Å². The number of nitrogens with zero attached hydrogens (tertiary/aromatic N) is 3. The molecule has 2 aliphatic rings. The smallest absolute Gasteiger partial charge is 0.311 e. The molecule has 0 unspecified atom stereocenters. The number of hydrogen-bond acceptors (Lipinski definition) is 5. The van der Waals surface area contributed by atoms with E-state index in [0.717, 1.165) is 44.0 Å². The third-order valence-electron chi connectivity index (χ3n) is 4.71. The highest BCUT2D eigenvalue weighted by atomic mass is 32.1. The van der Waals surface area contributed by atoms with E-state index in [9.17, 15) is 9.90 Å². The molecular weight excluding hydrogens is 274 g/mol. The molecule has 6 heteroatoms. The maximum Gasteiger partial charge on any atom is 0.311 e. The lowest BCUT2D eigenvalue weighted by atomic mass is 9.75. The zero-order chi connectivity index (χ0) is 14.2. The minimum absolute atomic E-state index is 0.229. The van der Waals surface area contributed by atoms with Crippen molar-refractivity contribution in [1.29, 1.82) is 0 Å². The van der Waals surface area contributed by atoms with Gasteiger partial charge in [-0.3, -0.25) is 9.69 Å². The van der Waals surface area contributed by atoms with Crippen LogP contribution in [0.1, 0.15) is 17.8 Å². The molecule has 0 radical (unpaired) electrons. The van der Waals surface area contributed by atoms with Crippen LogP contribution in [-0.4, -0.2) is 59.1 Å². The summed E-state index contributed by atoms with van der Waals surface area (Å²) >= 11 is 1.68. The zero-order valence-corrected chi connectivity index (χ0v) is 12.6. The number of thiazole rings is 1. The Morgan fingerprint density at radius 2 is 2.45 bits per heavy atom. The fourth-order valence-corrected chi connectivity index (χ4v) is 4.44. The minimum Gasteiger partial charge on any atom is -0.481 e. The molecule has 110 valence electrons. The van der Waals surface area contributed by atoms with E-state index in [2.05, 4.69) is 14.8 Å². The first kappa shape index (κ1) is 14.0. The fraction of sp³-hybridized carbons (Fsp3) is 0.714. The summed E-state index contributed by atoms with van der Waals surface area (Å²) in [4.78, 5) is 20.7. The van der Waals surface area contributed by atoms with E-state index < -0.39 is 11.4 Å². The Hall–Kier alpha value is -0.980. The van der Waals surface area contributed by atoms with E-state index in [1.54, 1.807) is 11.3 Å². The average Bonchev–Trinajstić information content (AvgIpc) is 2.95. The maximum absolute atomic E-state index is 11.8. The van der Waals surface area contributed by atoms with Crippen molar-refractivity contribution in [3.05, 3.63) is 16.6 Å². The van der Waals surface area contributed by atoms with Crippen molar-refractivity contribution < 1.29 is 9.90 Å². The van der Waals surface area contributed by atoms with E-state index in [4.69, 9.17) is 0 Å². The van der Waals surface area contributed by atoms with Crippen LogP contribution in [-0.2, 0) is 11.3 Å². The molecular formula is C14H21N3O2S. The van der Waals surface area contributed by atoms with E-state index in [0.29, 0.717) is 6.54 Å². The largest absolute Gasteiger partial charge is 0.481 e. The molecule has 2 fully saturated rings. The highest BCUT2D eigenvalue weighted by Gasteiger charge is 2.52. The molecule has 2 atom stereocenters. The Bertz CT molecular complexity index is 479. The van der Waals surface area contributed by atoms with Crippen LogP contribution in [0.4, 0.5) is 0 Å². The number of carboxylic acid groups (broad SMARTS) is 1. The van der Waals surface area contributed by atoms with Gasteiger partial charge in [-0.1, -0.05) is 0 Å². The van der Waals surface area contributed by atoms with Gasteiger partial charge in [0, 0.05) is 37.1 Å². The van der Waals surface area contributed by atoms with Gasteiger partial charge in [0.2, 0.25) is 0 Å². The number of fused-ring (bicyclic) bond motifs is 1. The summed E-state index contributed by atoms with van der Waals surface area (Å²) in [6.45, 7) is 4.29. The first-order valence-electron chi connectivity index (χ1n) is 7.13. The monoisotopic (exact) mass is 295 g/mol. The Morgan fingerprint density at radius 1 is 1.60 bits per heavy atom. The van der Waals surface area contributed by atoms with Crippen LogP contribution in [0, 0.1) is 11.3 Å². The van der Waals surface area contributed by atoms with Crippen LogP contribution in [0.2, 0.25) is 0 Å². The molecule has 0 saturated carbocycles. The second-order valence-corrected chi connectivity index (χ2v) is 7.10. The first-order chi connectivity index (χ1) is 9.60. The van der Waals surface area contributed by atoms with E-state index in [-0.39, 0.29) is 5.92 Å². The van der Waals surface area contributed by atoms with Gasteiger partial charge in [0.25, 0.3) is 0 Å². The molecule has 3 heterocycles. The molecule has 2 saturated heterocycles. The van der Waals surface area contributed by atoms with Crippen LogP contribution in [0.25, 0.3) is 0 Å². The number of rotatable bonds is 3. The molecule has 1 aromatic rings. The lowest BCUT2D eigenvalue weighted by molar-refractivity contribution is -0.150. The number of hydrogen-bond donors (Lipinski definition) is 1. The number of likely N-dealkylation sites (tertiary alicyclic amines) is 2. The van der Waals surface area contributed by atoms with Crippen LogP contribution in [0.3, 0.4) is 0 Å². The highest BCUT2D eigenvalue weighted by Crippen LogP contribution is 2.42. The van der Waals surface area contributed by atoms with Crippen LogP contribution in [0.5, 0.6) is 0 Å². The Balaban J connectivity index is 1.76. The Morgan fingerprint density at radius 3 is 3.15 bits per heavy atom. The van der Waals surface area contributed by atoms with Crippen LogP contribution < -0.4 is 0 Å². The average molecular weight is 295 g/mol. The van der Waals surface area contributed by atoms with Crippen LogP contribution in [0.15, 0.2) is 11.6 Å². The normalized spacial score (nSPS) is 31.9. The van der Waals surface area contributed by atoms with Gasteiger partial charge < -0.3 is 10.0 Å². The van der Waals surface area contributed by atoms with Crippen molar-refractivity contribution >= 4 is 17.3 Å². The van der Waals surface area contributed by atoms with Gasteiger partial charge in [-0.25, -0.2) is 4.98 Å². The van der Waals surface area contributed by atoms with Crippen molar-refractivity contribution in [2.75, 3.05) is 33.2 Å². The summed E-state index contributed by atoms with van der Waals surface area (Å²) in [5, 5.41) is 12.9. The molecule has 0 bridgehead atoms. The third-order valence-corrected chi connectivity index (χ3v) is 5.47. The van der Waals surface area contributed by atoms with E-state index in [1.165, 1.54) is 0 Å². The molecule has 5 nitrogen and oxygen atoms in total. The molecule has 3 rings (SSSR count). The summed E-state index contributed by atoms with van der Waals surface area (Å²) in [7, 11) is 2.03. The molecule has 0 aromatic carbocycles. The topological polar surface area (TPSA) is 56.7 Å². The molecule has 20 heavy (non-hydrogen) atoms. The predicted octanol–water partition coefficient (Wildman–Crippen LogP) is 1.37. The molecule has 0 aliphatic carbocycles. The van der Waals surface area contributed by atoms with Crippen molar-refractivity contribution in [2.24, 2.45) is 11.3 Å². The lowest BCUT2D eigenvalue weighted by Gasteiger charge is -2.29. The van der Waals surface area contributed by atoms with Crippen molar-refractivity contribution in [3.63, 3.8) is 0 Å². The number of aromatic nitrogens is 1. The molecule has 2 aliphatic heterocycles. The zero-order valence-electron chi connectivity index (χ0n) is 11.8. The summed E-state index contributed by atoms with van der Waals surface area (Å²) in [5.74, 6) is -0.379. The van der Waals surface area contributed by atoms with Crippen molar-refractivity contribution in [2.45, 2.75) is 19.4 Å². The molecule has 0 spiro atoms. The van der Waals surface area contributed by atoms with Crippen molar-refractivity contribution in [1.82, 2.24) is 14.8 Å². The fourth-order valence-electron chi connectivity index (χ4n) is 3.78. The summed E-state index contributed by atoms with van der Waals surface area (Å²) in [6, 6.07) is 0. The minimum atomic E-state index is -0.608. The van der Waals surface area contributed by atoms with Gasteiger partial charge in [-0.05, 0) is 26.4 Å². The van der Waals surface area contributed by atoms with E-state index in [1.807, 2.05) is 18.6 Å². The molecule has 1 aromatic heterocycles. The summed E-state index contributed by atoms with van der Waals surface area (Å²) in [6.07, 6.45) is 3.59. The number of aliphatic carboxylic acids is 1. The van der Waals surface area contributed by atoms with Gasteiger partial charge in [0.15, 0.2) is 0 Å². The standard InChI is InChI=1S/C14H21N3O2S/c1-16-7-11-8-17(9-12-15-4-6-20-12)5-2-3-14(11,10-16)13(18)19/h4,6,11H,2-3,5,7-10H2,1H3,(H,18,19)/t11-,14+/m1/s1. The van der Waals surface area contributed by atoms with Gasteiger partial charge in [-0.2, -0.15) is 0 Å². The van der Waals surface area contributed by atoms with Gasteiger partial charge in [-0.15, -0.1) is 11.3 Å². The van der Waals surface area contributed by atoms with E-state index >= 15 is 0 Å². The summed E-state index contributed by atoms with van der Waals surface area (Å²) < 4.78 is 0. The van der Waals surface area contributed by atoms with Gasteiger partial charge in [0.05, 0.1) is 12.0 Å². The maximum atomic E-state index is 11.8. The Kier molecular flexibility index (Phi) is 3.79. The van der Waals surface area contributed by atoms with Crippen LogP contribution >= 0.6 is 11.3 Å². The number of carboxylic acids is 1. The predicted molar refractivity (Wildman–Crippen MR) is 77.7 cm³/mol. The quantitative estimate of drug-likeness (QED) is 0.913. The highest BCUT2D eigenvalue weighted by molar-refractivity contribution is 7.09. The molecule has 0 amide bonds. The number of carbonyl (C=O) groups is 1. The lowest BCUT2D eigenvalue weighted by Crippen LogP contribution is -2.41. The first-order valence-corrected chi connectivity index (χ1v) is 8.01. The van der Waals surface area contributed by atoms with Crippen molar-refractivity contribution in [3.8, 4) is 0 Å². The van der Waals surface area contributed by atoms with Gasteiger partial charge >= 0.3 is 5.97 Å². The second-order valence-electron chi connectivity index (χ2n) is 6.12. The SMILES string of the molecule is CN1C[C@@H]2CN(Cc3nccs3)CCC[C@]2(C(=O)O)C1. The second kappa shape index (κ2) is 5.42. The third kappa shape index (κ3) is 2.47.